The highest BCUT2D eigenvalue weighted by Gasteiger charge is 2.28. The number of hydrogen-bond donors (Lipinski definition) is 3. The van der Waals surface area contributed by atoms with Gasteiger partial charge in [-0.1, -0.05) is 6.07 Å². The topological polar surface area (TPSA) is 154 Å². The lowest BCUT2D eigenvalue weighted by molar-refractivity contribution is 0.0685. The Hall–Kier alpha value is -4.06. The number of nitrogens with zero attached hydrogens (tertiary/aromatic N) is 7. The molecule has 0 bridgehead atoms. The highest BCUT2D eigenvalue weighted by Crippen LogP contribution is 2.34. The molecule has 4 heterocycles. The Balaban J connectivity index is 1.62. The molecule has 0 aliphatic carbocycles. The second-order valence-corrected chi connectivity index (χ2v) is 8.47. The van der Waals surface area contributed by atoms with Crippen molar-refractivity contribution < 1.29 is 14.3 Å². The maximum atomic E-state index is 14.3. The van der Waals surface area contributed by atoms with Gasteiger partial charge >= 0.3 is 5.97 Å². The zero-order valence-electron chi connectivity index (χ0n) is 18.7. The zero-order chi connectivity index (χ0) is 24.1. The van der Waals surface area contributed by atoms with Crippen molar-refractivity contribution in [3.63, 3.8) is 0 Å². The molecule has 0 unspecified atom stereocenters. The predicted molar refractivity (Wildman–Crippen MR) is 125 cm³/mol. The first-order valence-corrected chi connectivity index (χ1v) is 10.7. The van der Waals surface area contributed by atoms with Crippen molar-refractivity contribution in [3.8, 4) is 22.9 Å². The number of nitrogens with two attached hydrogens (primary N) is 2. The van der Waals surface area contributed by atoms with E-state index in [4.69, 9.17) is 16.5 Å². The summed E-state index contributed by atoms with van der Waals surface area (Å²) in [6.07, 6.45) is 0.787. The number of rotatable bonds is 4. The van der Waals surface area contributed by atoms with Gasteiger partial charge in [-0.2, -0.15) is 5.10 Å². The molecule has 1 saturated heterocycles. The average Bonchev–Trinajstić information content (AvgIpc) is 3.34. The number of carboxylic acid groups (broad SMARTS) is 1. The lowest BCUT2D eigenvalue weighted by atomic mass is 10.0. The van der Waals surface area contributed by atoms with Crippen LogP contribution in [0, 0.1) is 0 Å². The number of imidazole rings is 1. The van der Waals surface area contributed by atoms with E-state index in [9.17, 15) is 14.3 Å². The van der Waals surface area contributed by atoms with Crippen molar-refractivity contribution >= 4 is 28.5 Å². The molecule has 5 rings (SSSR count). The maximum absolute atomic E-state index is 14.3. The minimum Gasteiger partial charge on any atom is -0.477 e. The van der Waals surface area contributed by atoms with Gasteiger partial charge < -0.3 is 26.0 Å². The van der Waals surface area contributed by atoms with E-state index in [1.54, 1.807) is 7.05 Å². The molecule has 176 valence electrons. The molecule has 3 aromatic heterocycles. The Morgan fingerprint density at radius 3 is 2.71 bits per heavy atom. The number of halogens is 1. The molecule has 11 nitrogen and oxygen atoms in total. The number of carbonyl (C=O) groups is 1. The molecule has 0 amide bonds. The number of alkyl halides is 1. The number of carboxylic acids is 1. The number of benzene rings is 1. The molecule has 5 N–H and O–H groups in total. The monoisotopic (exact) mass is 465 g/mol. The average molecular weight is 465 g/mol. The summed E-state index contributed by atoms with van der Waals surface area (Å²) in [5, 5.41) is 13.6. The highest BCUT2D eigenvalue weighted by molar-refractivity contribution is 5.92. The summed E-state index contributed by atoms with van der Waals surface area (Å²) in [7, 11) is 3.38. The van der Waals surface area contributed by atoms with Crippen molar-refractivity contribution in [2.75, 3.05) is 23.7 Å². The molecule has 1 aliphatic heterocycles. The fourth-order valence-corrected chi connectivity index (χ4v) is 4.47. The summed E-state index contributed by atoms with van der Waals surface area (Å²) in [6.45, 7) is 0.805. The molecule has 34 heavy (non-hydrogen) atoms. The van der Waals surface area contributed by atoms with Crippen molar-refractivity contribution in [1.29, 1.82) is 0 Å². The van der Waals surface area contributed by atoms with Gasteiger partial charge in [0, 0.05) is 39.3 Å². The van der Waals surface area contributed by atoms with Gasteiger partial charge in [0.15, 0.2) is 11.6 Å². The Labute approximate surface area is 193 Å². The van der Waals surface area contributed by atoms with E-state index < -0.39 is 12.1 Å². The molecule has 1 aliphatic rings. The number of aromatic nitrogens is 6. The van der Waals surface area contributed by atoms with Gasteiger partial charge in [0.1, 0.15) is 28.9 Å². The summed E-state index contributed by atoms with van der Waals surface area (Å²) in [5.41, 5.74) is 15.6. The van der Waals surface area contributed by atoms with Crippen LogP contribution in [-0.2, 0) is 14.1 Å². The molecular weight excluding hydrogens is 441 g/mol. The molecule has 1 aromatic carbocycles. The van der Waals surface area contributed by atoms with E-state index in [1.807, 2.05) is 34.7 Å². The van der Waals surface area contributed by atoms with Gasteiger partial charge in [0.05, 0.1) is 22.9 Å². The van der Waals surface area contributed by atoms with Crippen molar-refractivity contribution in [1.82, 2.24) is 29.3 Å². The molecule has 1 fully saturated rings. The van der Waals surface area contributed by atoms with Crippen LogP contribution in [0.15, 0.2) is 30.5 Å². The summed E-state index contributed by atoms with van der Waals surface area (Å²) >= 11 is 0. The van der Waals surface area contributed by atoms with Crippen LogP contribution in [0.25, 0.3) is 33.9 Å². The van der Waals surface area contributed by atoms with E-state index in [2.05, 4.69) is 15.1 Å². The fourth-order valence-electron chi connectivity index (χ4n) is 4.47. The molecule has 0 saturated carbocycles. The van der Waals surface area contributed by atoms with Gasteiger partial charge in [-0.25, -0.2) is 24.1 Å². The van der Waals surface area contributed by atoms with E-state index in [1.165, 1.54) is 16.9 Å². The first kappa shape index (κ1) is 21.8. The van der Waals surface area contributed by atoms with Crippen LogP contribution in [-0.4, -0.2) is 65.7 Å². The van der Waals surface area contributed by atoms with Crippen LogP contribution >= 0.6 is 0 Å². The van der Waals surface area contributed by atoms with Crippen LogP contribution in [0.5, 0.6) is 0 Å². The van der Waals surface area contributed by atoms with Gasteiger partial charge in [-0.05, 0) is 18.6 Å². The Kier molecular flexibility index (Phi) is 5.16. The summed E-state index contributed by atoms with van der Waals surface area (Å²) in [4.78, 5) is 26.9. The summed E-state index contributed by atoms with van der Waals surface area (Å²) < 4.78 is 17.4. The van der Waals surface area contributed by atoms with Crippen LogP contribution in [0.1, 0.15) is 16.9 Å². The number of nitrogen functional groups attached to an aromatic ring is 1. The Morgan fingerprint density at radius 1 is 1.21 bits per heavy atom. The van der Waals surface area contributed by atoms with E-state index in [0.29, 0.717) is 41.4 Å². The number of hydrogen-bond acceptors (Lipinski definition) is 8. The number of aryl methyl sites for hydroxylation is 2. The third kappa shape index (κ3) is 3.61. The fraction of sp³-hybridized carbons (Fsp3) is 0.318. The maximum Gasteiger partial charge on any atom is 0.354 e. The minimum absolute atomic E-state index is 0.0217. The first-order valence-electron chi connectivity index (χ1n) is 10.7. The van der Waals surface area contributed by atoms with E-state index in [-0.39, 0.29) is 24.1 Å². The molecular formula is C22H24FN9O2. The highest BCUT2D eigenvalue weighted by atomic mass is 19.1. The lowest BCUT2D eigenvalue weighted by Crippen LogP contribution is -2.48. The third-order valence-corrected chi connectivity index (χ3v) is 6.02. The Bertz CT molecular complexity index is 1400. The first-order chi connectivity index (χ1) is 16.2. The number of fused-ring (bicyclic) bond motifs is 1. The predicted octanol–water partition coefficient (Wildman–Crippen LogP) is 1.59. The van der Waals surface area contributed by atoms with Crippen LogP contribution in [0.3, 0.4) is 0 Å². The van der Waals surface area contributed by atoms with Gasteiger partial charge in [-0.15, -0.1) is 0 Å². The smallest absolute Gasteiger partial charge is 0.354 e. The van der Waals surface area contributed by atoms with Crippen LogP contribution in [0.4, 0.5) is 15.9 Å². The molecule has 4 aromatic rings. The lowest BCUT2D eigenvalue weighted by Gasteiger charge is -2.35. The largest absolute Gasteiger partial charge is 0.477 e. The van der Waals surface area contributed by atoms with Gasteiger partial charge in [0.2, 0.25) is 0 Å². The molecule has 0 spiro atoms. The standard InChI is InChI=1S/C22H24FN9O2/c1-30-19-13(4-3-5-16(19)32-9-11(23)6-12(24)10-32)28-21(30)18-20(25)26-8-15(27-18)14-7-17(22(33)34)31(2)29-14/h3-5,7-8,11-12H,6,9-10,24H2,1-2H3,(H2,25,26)(H,33,34)/t11-,12-/m0/s1. The van der Waals surface area contributed by atoms with E-state index >= 15 is 0 Å². The molecule has 2 atom stereocenters. The summed E-state index contributed by atoms with van der Waals surface area (Å²) in [5.74, 6) is -0.454. The van der Waals surface area contributed by atoms with Gasteiger partial charge in [0.25, 0.3) is 0 Å². The quantitative estimate of drug-likeness (QED) is 0.407. The Morgan fingerprint density at radius 2 is 2.00 bits per heavy atom. The number of aromatic carboxylic acids is 1. The van der Waals surface area contributed by atoms with Crippen LogP contribution in [0.2, 0.25) is 0 Å². The second-order valence-electron chi connectivity index (χ2n) is 8.47. The number of anilines is 2. The second kappa shape index (κ2) is 8.06. The van der Waals surface area contributed by atoms with Gasteiger partial charge in [-0.3, -0.25) is 4.68 Å². The van der Waals surface area contributed by atoms with Crippen molar-refractivity contribution in [3.05, 3.63) is 36.2 Å². The number of para-hydroxylation sites is 1. The van der Waals surface area contributed by atoms with Crippen molar-refractivity contribution in [2.45, 2.75) is 18.6 Å². The molecule has 0 radical (unpaired) electrons. The van der Waals surface area contributed by atoms with E-state index in [0.717, 1.165) is 11.2 Å². The summed E-state index contributed by atoms with van der Waals surface area (Å²) in [6, 6.07) is 6.83. The zero-order valence-corrected chi connectivity index (χ0v) is 18.7. The number of piperidine rings is 1. The van der Waals surface area contributed by atoms with Crippen molar-refractivity contribution in [2.24, 2.45) is 19.8 Å². The SMILES string of the molecule is Cn1nc(-c2cnc(N)c(-c3nc4cccc(N5C[C@@H](N)C[C@H](F)C5)c4n3C)n2)cc1C(=O)O. The normalized spacial score (nSPS) is 18.5. The molecule has 12 heteroatoms. The third-order valence-electron chi connectivity index (χ3n) is 6.02. The van der Waals surface area contributed by atoms with Crippen LogP contribution < -0.4 is 16.4 Å². The minimum atomic E-state index is -1.10.